The molecule has 0 radical (unpaired) electrons. The summed E-state index contributed by atoms with van der Waals surface area (Å²) in [6.45, 7) is 5.33. The minimum Gasteiger partial charge on any atom is -0.354 e. The monoisotopic (exact) mass is 603 g/mol. The molecule has 0 aliphatic heterocycles. The van der Waals surface area contributed by atoms with Gasteiger partial charge >= 0.3 is 0 Å². The molecule has 3 aromatic rings. The van der Waals surface area contributed by atoms with Crippen LogP contribution in [0.4, 0.5) is 10.1 Å². The minimum absolute atomic E-state index is 0.00609. The van der Waals surface area contributed by atoms with E-state index in [2.05, 4.69) is 21.2 Å². The second-order valence-corrected chi connectivity index (χ2v) is 11.7. The molecule has 0 unspecified atom stereocenters. The summed E-state index contributed by atoms with van der Waals surface area (Å²) in [6, 6.07) is 17.6. The summed E-state index contributed by atoms with van der Waals surface area (Å²) < 4.78 is 42.9. The van der Waals surface area contributed by atoms with Gasteiger partial charge in [0.05, 0.1) is 10.6 Å². The van der Waals surface area contributed by atoms with E-state index in [1.165, 1.54) is 29.2 Å². The molecule has 0 aliphatic carbocycles. The molecule has 38 heavy (non-hydrogen) atoms. The summed E-state index contributed by atoms with van der Waals surface area (Å²) in [6.07, 6.45) is 0.728. The molecule has 0 aliphatic rings. The van der Waals surface area contributed by atoms with Crippen molar-refractivity contribution >= 4 is 43.5 Å². The Labute approximate surface area is 231 Å². The van der Waals surface area contributed by atoms with Gasteiger partial charge in [-0.2, -0.15) is 0 Å². The van der Waals surface area contributed by atoms with Crippen molar-refractivity contribution in [2.24, 2.45) is 0 Å². The van der Waals surface area contributed by atoms with Crippen LogP contribution in [-0.4, -0.2) is 44.3 Å². The normalized spacial score (nSPS) is 12.0. The number of benzene rings is 3. The first-order valence-electron chi connectivity index (χ1n) is 12.2. The van der Waals surface area contributed by atoms with E-state index in [4.69, 9.17) is 0 Å². The van der Waals surface area contributed by atoms with Crippen molar-refractivity contribution in [1.29, 1.82) is 0 Å². The zero-order valence-corrected chi connectivity index (χ0v) is 23.9. The molecule has 10 heteroatoms. The summed E-state index contributed by atoms with van der Waals surface area (Å²) in [5.74, 6) is -1.45. The molecule has 0 spiro atoms. The molecule has 7 nitrogen and oxygen atoms in total. The first-order chi connectivity index (χ1) is 18.0. The van der Waals surface area contributed by atoms with E-state index in [1.54, 1.807) is 19.1 Å². The fourth-order valence-electron chi connectivity index (χ4n) is 3.74. The molecular weight excluding hydrogens is 573 g/mol. The van der Waals surface area contributed by atoms with Crippen LogP contribution in [0.15, 0.2) is 82.2 Å². The molecule has 1 atom stereocenters. The second-order valence-electron chi connectivity index (χ2n) is 8.92. The van der Waals surface area contributed by atoms with Crippen molar-refractivity contribution in [2.75, 3.05) is 17.4 Å². The summed E-state index contributed by atoms with van der Waals surface area (Å²) in [7, 11) is -4.19. The molecule has 0 heterocycles. The van der Waals surface area contributed by atoms with Crippen molar-refractivity contribution in [3.8, 4) is 0 Å². The van der Waals surface area contributed by atoms with Crippen LogP contribution in [-0.2, 0) is 26.2 Å². The van der Waals surface area contributed by atoms with E-state index in [0.717, 1.165) is 38.5 Å². The van der Waals surface area contributed by atoms with Gasteiger partial charge in [0.25, 0.3) is 10.0 Å². The molecular formula is C28H31BrFN3O4S. The van der Waals surface area contributed by atoms with Gasteiger partial charge in [0, 0.05) is 17.6 Å². The van der Waals surface area contributed by atoms with Gasteiger partial charge in [0.15, 0.2) is 0 Å². The van der Waals surface area contributed by atoms with E-state index in [0.29, 0.717) is 6.54 Å². The first kappa shape index (κ1) is 29.3. The lowest BCUT2D eigenvalue weighted by Crippen LogP contribution is -2.51. The second kappa shape index (κ2) is 13.0. The lowest BCUT2D eigenvalue weighted by molar-refractivity contribution is -0.139. The van der Waals surface area contributed by atoms with Gasteiger partial charge in [0.2, 0.25) is 11.8 Å². The quantitative estimate of drug-likeness (QED) is 0.333. The predicted molar refractivity (Wildman–Crippen MR) is 150 cm³/mol. The number of carbonyl (C=O) groups excluding carboxylic acids is 2. The Kier molecular flexibility index (Phi) is 10.0. The van der Waals surface area contributed by atoms with Crippen LogP contribution in [0.5, 0.6) is 0 Å². The van der Waals surface area contributed by atoms with E-state index in [-0.39, 0.29) is 23.0 Å². The molecule has 3 rings (SSSR count). The summed E-state index contributed by atoms with van der Waals surface area (Å²) >= 11 is 3.39. The Morgan fingerprint density at radius 3 is 2.16 bits per heavy atom. The summed E-state index contributed by atoms with van der Waals surface area (Å²) in [4.78, 5) is 28.0. The van der Waals surface area contributed by atoms with Gasteiger partial charge in [-0.3, -0.25) is 13.9 Å². The number of anilines is 1. The Hall–Kier alpha value is -3.24. The maximum Gasteiger partial charge on any atom is 0.264 e. The number of amides is 2. The van der Waals surface area contributed by atoms with Gasteiger partial charge in [-0.25, -0.2) is 12.8 Å². The number of hydrogen-bond donors (Lipinski definition) is 1. The maximum absolute atomic E-state index is 13.8. The van der Waals surface area contributed by atoms with Crippen LogP contribution >= 0.6 is 15.9 Å². The SMILES string of the molecule is CCCNC(=O)[C@H](C)N(Cc1ccc(Br)cc1)C(=O)CN(c1ccc(F)cc1)S(=O)(=O)c1ccc(C)cc1. The number of aryl methyl sites for hydroxylation is 1. The van der Waals surface area contributed by atoms with E-state index in [1.807, 2.05) is 38.1 Å². The van der Waals surface area contributed by atoms with Crippen LogP contribution in [0.25, 0.3) is 0 Å². The number of carbonyl (C=O) groups is 2. The van der Waals surface area contributed by atoms with Crippen molar-refractivity contribution in [3.05, 3.63) is 94.2 Å². The van der Waals surface area contributed by atoms with E-state index in [9.17, 15) is 22.4 Å². The van der Waals surface area contributed by atoms with Gasteiger partial charge in [0.1, 0.15) is 18.4 Å². The molecule has 3 aromatic carbocycles. The van der Waals surface area contributed by atoms with Crippen molar-refractivity contribution < 1.29 is 22.4 Å². The van der Waals surface area contributed by atoms with Crippen molar-refractivity contribution in [3.63, 3.8) is 0 Å². The van der Waals surface area contributed by atoms with Gasteiger partial charge in [-0.05, 0) is 74.4 Å². The first-order valence-corrected chi connectivity index (χ1v) is 14.4. The standard InChI is InChI=1S/C28H31BrFN3O4S/c1-4-17-31-28(35)21(3)32(18-22-7-9-23(29)10-8-22)27(34)19-33(25-13-11-24(30)12-14-25)38(36,37)26-15-5-20(2)6-16-26/h5-16,21H,4,17-19H2,1-3H3,(H,31,35)/t21-/m0/s1. The molecule has 0 fully saturated rings. The number of nitrogens with zero attached hydrogens (tertiary/aromatic N) is 2. The minimum atomic E-state index is -4.19. The molecule has 202 valence electrons. The summed E-state index contributed by atoms with van der Waals surface area (Å²) in [5, 5.41) is 2.80. The Morgan fingerprint density at radius 2 is 1.58 bits per heavy atom. The van der Waals surface area contributed by atoms with Crippen molar-refractivity contribution in [1.82, 2.24) is 10.2 Å². The van der Waals surface area contributed by atoms with Crippen LogP contribution in [0.3, 0.4) is 0 Å². The average molecular weight is 605 g/mol. The predicted octanol–water partition coefficient (Wildman–Crippen LogP) is 5.04. The smallest absolute Gasteiger partial charge is 0.264 e. The van der Waals surface area contributed by atoms with Crippen LogP contribution in [0.1, 0.15) is 31.4 Å². The highest BCUT2D eigenvalue weighted by atomic mass is 79.9. The van der Waals surface area contributed by atoms with Gasteiger partial charge < -0.3 is 10.2 Å². The van der Waals surface area contributed by atoms with Gasteiger partial charge in [-0.15, -0.1) is 0 Å². The third kappa shape index (κ3) is 7.41. The number of sulfonamides is 1. The molecule has 0 aromatic heterocycles. The molecule has 1 N–H and O–H groups in total. The third-order valence-corrected chi connectivity index (χ3v) is 8.30. The summed E-state index contributed by atoms with van der Waals surface area (Å²) in [5.41, 5.74) is 1.78. The Bertz CT molecular complexity index is 1350. The Morgan fingerprint density at radius 1 is 0.974 bits per heavy atom. The molecule has 0 saturated heterocycles. The number of hydrogen-bond acceptors (Lipinski definition) is 4. The number of nitrogens with one attached hydrogen (secondary N) is 1. The number of rotatable bonds is 11. The zero-order chi connectivity index (χ0) is 27.9. The lowest BCUT2D eigenvalue weighted by Gasteiger charge is -2.32. The van der Waals surface area contributed by atoms with Crippen LogP contribution in [0.2, 0.25) is 0 Å². The Balaban J connectivity index is 2.00. The average Bonchev–Trinajstić information content (AvgIpc) is 2.90. The topological polar surface area (TPSA) is 86.8 Å². The fourth-order valence-corrected chi connectivity index (χ4v) is 5.42. The van der Waals surface area contributed by atoms with Crippen LogP contribution in [0, 0.1) is 12.7 Å². The van der Waals surface area contributed by atoms with Crippen molar-refractivity contribution in [2.45, 2.75) is 44.7 Å². The molecule has 0 bridgehead atoms. The maximum atomic E-state index is 13.8. The van der Waals surface area contributed by atoms with Gasteiger partial charge in [-0.1, -0.05) is 52.7 Å². The third-order valence-electron chi connectivity index (χ3n) is 5.99. The zero-order valence-electron chi connectivity index (χ0n) is 21.5. The van der Waals surface area contributed by atoms with E-state index < -0.39 is 34.3 Å². The molecule has 0 saturated carbocycles. The number of halogens is 2. The highest BCUT2D eigenvalue weighted by Crippen LogP contribution is 2.25. The van der Waals surface area contributed by atoms with Crippen LogP contribution < -0.4 is 9.62 Å². The largest absolute Gasteiger partial charge is 0.354 e. The molecule has 2 amide bonds. The lowest BCUT2D eigenvalue weighted by atomic mass is 10.1. The van der Waals surface area contributed by atoms with E-state index >= 15 is 0 Å². The highest BCUT2D eigenvalue weighted by molar-refractivity contribution is 9.10. The highest BCUT2D eigenvalue weighted by Gasteiger charge is 2.32. The fraction of sp³-hybridized carbons (Fsp3) is 0.286.